The number of benzene rings is 2. The largest absolute Gasteiger partial charge is 0.399 e. The summed E-state index contributed by atoms with van der Waals surface area (Å²) in [7, 11) is -2.35. The number of halogens is 1. The van der Waals surface area contributed by atoms with Gasteiger partial charge in [0.15, 0.2) is 0 Å². The summed E-state index contributed by atoms with van der Waals surface area (Å²) in [5.74, 6) is 0. The zero-order valence-electron chi connectivity index (χ0n) is 11.9. The van der Waals surface area contributed by atoms with Crippen LogP contribution in [-0.2, 0) is 14.9 Å². The van der Waals surface area contributed by atoms with Crippen LogP contribution in [0.15, 0.2) is 58.6 Å². The number of hydrogen-bond acceptors (Lipinski definition) is 4. The molecule has 22 heavy (non-hydrogen) atoms. The van der Waals surface area contributed by atoms with Crippen LogP contribution in [0.5, 0.6) is 0 Å². The van der Waals surface area contributed by atoms with Gasteiger partial charge in [0.25, 0.3) is 0 Å². The third-order valence-corrected chi connectivity index (χ3v) is 4.87. The van der Waals surface area contributed by atoms with Crippen LogP contribution in [0.3, 0.4) is 0 Å². The second kappa shape index (κ2) is 7.40. The molecule has 116 valence electrons. The molecule has 0 saturated carbocycles. The van der Waals surface area contributed by atoms with E-state index >= 15 is 0 Å². The van der Waals surface area contributed by atoms with E-state index in [1.807, 2.05) is 30.3 Å². The van der Waals surface area contributed by atoms with Crippen molar-refractivity contribution < 1.29 is 13.3 Å². The fraction of sp³-hybridized carbons (Fsp3) is 0.133. The topological polar surface area (TPSA) is 67.8 Å². The highest BCUT2D eigenvalue weighted by molar-refractivity contribution is 7.89. The molecular weight excluding hydrogens is 324 g/mol. The van der Waals surface area contributed by atoms with Crippen LogP contribution in [0.1, 0.15) is 0 Å². The standard InChI is InChI=1S/C15H15ClN2O3S/c1-21-17-10-11-18-22(19,20)14-9-5-8-13(15(14)16)12-6-3-2-4-7-12/h2-10,18H,11H2,1H3. The van der Waals surface area contributed by atoms with Crippen molar-refractivity contribution in [3.63, 3.8) is 0 Å². The number of sulfonamides is 1. The molecule has 2 aromatic carbocycles. The first-order valence-corrected chi connectivity index (χ1v) is 8.31. The molecule has 0 aliphatic heterocycles. The van der Waals surface area contributed by atoms with Crippen LogP contribution < -0.4 is 4.72 Å². The lowest BCUT2D eigenvalue weighted by atomic mass is 10.1. The molecule has 0 bridgehead atoms. The summed E-state index contributed by atoms with van der Waals surface area (Å²) >= 11 is 6.29. The van der Waals surface area contributed by atoms with Crippen molar-refractivity contribution in [1.82, 2.24) is 4.72 Å². The summed E-state index contributed by atoms with van der Waals surface area (Å²) in [6.45, 7) is 0.0159. The lowest BCUT2D eigenvalue weighted by Crippen LogP contribution is -2.25. The van der Waals surface area contributed by atoms with Crippen molar-refractivity contribution in [2.24, 2.45) is 5.16 Å². The maximum absolute atomic E-state index is 12.3. The normalized spacial score (nSPS) is 11.7. The smallest absolute Gasteiger partial charge is 0.242 e. The van der Waals surface area contributed by atoms with Gasteiger partial charge < -0.3 is 4.84 Å². The van der Waals surface area contributed by atoms with E-state index in [9.17, 15) is 8.42 Å². The Hall–Kier alpha value is -1.89. The molecule has 0 unspecified atom stereocenters. The van der Waals surface area contributed by atoms with Gasteiger partial charge in [0.1, 0.15) is 12.0 Å². The predicted molar refractivity (Wildman–Crippen MR) is 87.6 cm³/mol. The molecule has 0 spiro atoms. The van der Waals surface area contributed by atoms with Crippen LogP contribution in [0.2, 0.25) is 5.02 Å². The molecule has 0 aromatic heterocycles. The molecule has 2 rings (SSSR count). The Morgan fingerprint density at radius 2 is 1.91 bits per heavy atom. The number of oxime groups is 1. The third kappa shape index (κ3) is 3.85. The minimum Gasteiger partial charge on any atom is -0.399 e. The van der Waals surface area contributed by atoms with Crippen molar-refractivity contribution in [2.45, 2.75) is 4.90 Å². The van der Waals surface area contributed by atoms with Gasteiger partial charge in [-0.15, -0.1) is 0 Å². The lowest BCUT2D eigenvalue weighted by molar-refractivity contribution is 0.215. The lowest BCUT2D eigenvalue weighted by Gasteiger charge is -2.10. The third-order valence-electron chi connectivity index (χ3n) is 2.88. The summed E-state index contributed by atoms with van der Waals surface area (Å²) in [6.07, 6.45) is 1.31. The molecule has 5 nitrogen and oxygen atoms in total. The SMILES string of the molecule is CON=CCNS(=O)(=O)c1cccc(-c2ccccc2)c1Cl. The number of rotatable bonds is 6. The van der Waals surface area contributed by atoms with E-state index in [0.717, 1.165) is 5.56 Å². The van der Waals surface area contributed by atoms with Crippen LogP contribution in [0.4, 0.5) is 0 Å². The van der Waals surface area contributed by atoms with Crippen LogP contribution in [0, 0.1) is 0 Å². The Balaban J connectivity index is 2.35. The maximum Gasteiger partial charge on any atom is 0.242 e. The molecule has 2 aromatic rings. The van der Waals surface area contributed by atoms with E-state index in [4.69, 9.17) is 11.6 Å². The molecule has 0 heterocycles. The van der Waals surface area contributed by atoms with Gasteiger partial charge in [0, 0.05) is 12.1 Å². The second-order valence-electron chi connectivity index (χ2n) is 4.31. The van der Waals surface area contributed by atoms with E-state index < -0.39 is 10.0 Å². The first-order valence-electron chi connectivity index (χ1n) is 6.45. The Labute approximate surface area is 134 Å². The number of hydrogen-bond donors (Lipinski definition) is 1. The van der Waals surface area contributed by atoms with Gasteiger partial charge >= 0.3 is 0 Å². The monoisotopic (exact) mass is 338 g/mol. The van der Waals surface area contributed by atoms with E-state index in [0.29, 0.717) is 5.56 Å². The van der Waals surface area contributed by atoms with Crippen molar-refractivity contribution in [2.75, 3.05) is 13.7 Å². The molecule has 0 saturated heterocycles. The summed E-state index contributed by atoms with van der Waals surface area (Å²) in [5.41, 5.74) is 1.51. The van der Waals surface area contributed by atoms with Crippen LogP contribution >= 0.6 is 11.6 Å². The average Bonchev–Trinajstić information content (AvgIpc) is 2.52. The van der Waals surface area contributed by atoms with Crippen molar-refractivity contribution in [3.8, 4) is 11.1 Å². The van der Waals surface area contributed by atoms with Gasteiger partial charge in [-0.2, -0.15) is 0 Å². The van der Waals surface area contributed by atoms with Crippen LogP contribution in [0.25, 0.3) is 11.1 Å². The Morgan fingerprint density at radius 1 is 1.18 bits per heavy atom. The van der Waals surface area contributed by atoms with Gasteiger partial charge in [0.05, 0.1) is 11.2 Å². The van der Waals surface area contributed by atoms with E-state index in [1.54, 1.807) is 12.1 Å². The molecule has 0 aliphatic rings. The Bertz CT molecular complexity index is 762. The second-order valence-corrected chi connectivity index (χ2v) is 6.42. The highest BCUT2D eigenvalue weighted by atomic mass is 35.5. The van der Waals surface area contributed by atoms with Crippen molar-refractivity contribution in [3.05, 3.63) is 53.6 Å². The molecule has 7 heteroatoms. The number of nitrogens with zero attached hydrogens (tertiary/aromatic N) is 1. The summed E-state index contributed by atoms with van der Waals surface area (Å²) < 4.78 is 27.0. The van der Waals surface area contributed by atoms with Gasteiger partial charge in [0.2, 0.25) is 10.0 Å². The first-order chi connectivity index (χ1) is 10.6. The molecule has 0 fully saturated rings. The van der Waals surface area contributed by atoms with E-state index in [1.165, 1.54) is 19.4 Å². The predicted octanol–water partition coefficient (Wildman–Crippen LogP) is 2.92. The molecule has 1 N–H and O–H groups in total. The molecule has 0 aliphatic carbocycles. The highest BCUT2D eigenvalue weighted by Crippen LogP contribution is 2.32. The number of nitrogens with one attached hydrogen (secondary N) is 1. The first kappa shape index (κ1) is 16.5. The Kier molecular flexibility index (Phi) is 5.54. The molecule has 0 atom stereocenters. The zero-order valence-corrected chi connectivity index (χ0v) is 13.4. The van der Waals surface area contributed by atoms with Crippen molar-refractivity contribution >= 4 is 27.8 Å². The fourth-order valence-electron chi connectivity index (χ4n) is 1.90. The summed E-state index contributed by atoms with van der Waals surface area (Å²) in [5, 5.41) is 3.66. The fourth-order valence-corrected chi connectivity index (χ4v) is 3.49. The zero-order chi connectivity index (χ0) is 16.0. The van der Waals surface area contributed by atoms with Gasteiger partial charge in [-0.3, -0.25) is 0 Å². The minimum absolute atomic E-state index is 0.0159. The van der Waals surface area contributed by atoms with Gasteiger partial charge in [-0.05, 0) is 11.6 Å². The molecule has 0 radical (unpaired) electrons. The average molecular weight is 339 g/mol. The maximum atomic E-state index is 12.3. The highest BCUT2D eigenvalue weighted by Gasteiger charge is 2.19. The molecule has 0 amide bonds. The van der Waals surface area contributed by atoms with Gasteiger partial charge in [-0.1, -0.05) is 59.2 Å². The summed E-state index contributed by atoms with van der Waals surface area (Å²) in [4.78, 5) is 4.50. The molecular formula is C15H15ClN2O3S. The summed E-state index contributed by atoms with van der Waals surface area (Å²) in [6, 6.07) is 14.3. The quantitative estimate of drug-likeness (QED) is 0.650. The van der Waals surface area contributed by atoms with Crippen LogP contribution in [-0.4, -0.2) is 28.3 Å². The van der Waals surface area contributed by atoms with Crippen molar-refractivity contribution in [1.29, 1.82) is 0 Å². The van der Waals surface area contributed by atoms with E-state index in [2.05, 4.69) is 14.7 Å². The Morgan fingerprint density at radius 3 is 2.59 bits per heavy atom. The van der Waals surface area contributed by atoms with E-state index in [-0.39, 0.29) is 16.5 Å². The van der Waals surface area contributed by atoms with Gasteiger partial charge in [-0.25, -0.2) is 13.1 Å². The minimum atomic E-state index is -3.73.